The van der Waals surface area contributed by atoms with Crippen LogP contribution in [-0.4, -0.2) is 112 Å². The van der Waals surface area contributed by atoms with Crippen molar-refractivity contribution in [1.29, 1.82) is 0 Å². The maximum Gasteiger partial charge on any atom is 0.303 e. The first-order valence-electron chi connectivity index (χ1n) is 17.4. The Balaban J connectivity index is 0.000000360. The minimum absolute atomic E-state index is 0.0494. The van der Waals surface area contributed by atoms with Crippen molar-refractivity contribution >= 4 is 42.6 Å². The normalized spacial score (nSPS) is 23.0. The number of benzene rings is 2. The topological polar surface area (TPSA) is 251 Å². The van der Waals surface area contributed by atoms with Gasteiger partial charge in [-0.3, -0.25) is 19.2 Å². The van der Waals surface area contributed by atoms with Gasteiger partial charge in [0.15, 0.2) is 12.2 Å². The number of hydrogen-bond donors (Lipinski definition) is 1. The highest BCUT2D eigenvalue weighted by Gasteiger charge is 2.55. The van der Waals surface area contributed by atoms with Crippen LogP contribution >= 0.6 is 0 Å². The molecule has 0 aromatic heterocycles. The van der Waals surface area contributed by atoms with E-state index in [1.165, 1.54) is 27.7 Å². The molecule has 19 heteroatoms. The van der Waals surface area contributed by atoms with E-state index in [-0.39, 0.29) is 31.5 Å². The van der Waals surface area contributed by atoms with Crippen LogP contribution in [0.4, 0.5) is 0 Å². The molecule has 0 spiro atoms. The van der Waals surface area contributed by atoms with Gasteiger partial charge in [-0.1, -0.05) is 91.7 Å². The molecule has 0 saturated carbocycles. The summed E-state index contributed by atoms with van der Waals surface area (Å²) in [6, 6.07) is 18.5. The SMILES string of the molecule is CC(=O)OC[C@H](OC(C)=O)[C@H]1OC[C@H](O)[C@H]1N=[N+]=[N-].CC(=O)OC[C@H](OC(C)=O)[C@H]1OC[C@H](O[Si](c2ccccc2)(c2ccccc2)C(C)(C)C)[C@H]1N=[N+]=[N-]. The zero-order valence-electron chi connectivity index (χ0n) is 31.8. The van der Waals surface area contributed by atoms with Crippen molar-refractivity contribution in [3.63, 3.8) is 0 Å². The first-order valence-corrected chi connectivity index (χ1v) is 19.4. The summed E-state index contributed by atoms with van der Waals surface area (Å²) in [5.74, 6) is -2.23. The fraction of sp³-hybridized carbons (Fsp3) is 0.556. The van der Waals surface area contributed by atoms with Gasteiger partial charge in [-0.25, -0.2) is 0 Å². The minimum atomic E-state index is -2.97. The fourth-order valence-electron chi connectivity index (χ4n) is 6.54. The van der Waals surface area contributed by atoms with E-state index in [0.717, 1.165) is 10.4 Å². The Morgan fingerprint density at radius 2 is 1.16 bits per heavy atom. The summed E-state index contributed by atoms with van der Waals surface area (Å²) in [5.41, 5.74) is 17.8. The number of ether oxygens (including phenoxy) is 6. The molecule has 0 radical (unpaired) electrons. The van der Waals surface area contributed by atoms with Gasteiger partial charge in [-0.05, 0) is 26.5 Å². The third kappa shape index (κ3) is 12.0. The van der Waals surface area contributed by atoms with E-state index in [9.17, 15) is 29.8 Å². The molecular weight excluding hydrogens is 737 g/mol. The summed E-state index contributed by atoms with van der Waals surface area (Å²) in [6.45, 7) is 11.0. The standard InChI is InChI=1S/C26H33N3O6Si.C10H15N3O6/c1-18(30)32-17-23(34-19(2)31)25-24(28-29-27)22(16-33-25)35-36(26(3,4)5,20-12-8-6-9-13-20)21-14-10-7-11-15-21;1-5(14)17-4-8(19-6(2)15)10-9(12-13-11)7(16)3-18-10/h6-15,22-25H,16-17H2,1-5H3;7-10,16H,3-4H2,1-2H3/t22-,23-,24+,25+;7-,8-,9+,10+/m00/s1. The number of hydrogen-bond acceptors (Lipinski definition) is 14. The van der Waals surface area contributed by atoms with Crippen molar-refractivity contribution in [2.75, 3.05) is 26.4 Å². The fourth-order valence-corrected chi connectivity index (χ4v) is 11.2. The summed E-state index contributed by atoms with van der Waals surface area (Å²) >= 11 is 0. The third-order valence-corrected chi connectivity index (χ3v) is 13.8. The maximum atomic E-state index is 11.8. The van der Waals surface area contributed by atoms with E-state index in [1.807, 2.05) is 36.4 Å². The van der Waals surface area contributed by atoms with Crippen molar-refractivity contribution in [3.8, 4) is 0 Å². The van der Waals surface area contributed by atoms with Crippen molar-refractivity contribution < 1.29 is 57.1 Å². The first kappa shape index (κ1) is 44.4. The van der Waals surface area contributed by atoms with E-state index in [1.54, 1.807) is 0 Å². The molecule has 0 bridgehead atoms. The Labute approximate surface area is 319 Å². The molecule has 0 unspecified atom stereocenters. The van der Waals surface area contributed by atoms with Gasteiger partial charge < -0.3 is 38.0 Å². The molecule has 0 amide bonds. The van der Waals surface area contributed by atoms with Crippen molar-refractivity contribution in [3.05, 3.63) is 81.5 Å². The van der Waals surface area contributed by atoms with Crippen LogP contribution in [0.2, 0.25) is 5.04 Å². The number of aliphatic hydroxyl groups excluding tert-OH is 1. The molecule has 2 heterocycles. The van der Waals surface area contributed by atoms with Crippen LogP contribution in [0.1, 0.15) is 48.5 Å². The van der Waals surface area contributed by atoms with Crippen LogP contribution in [0.3, 0.4) is 0 Å². The van der Waals surface area contributed by atoms with Crippen LogP contribution in [0.15, 0.2) is 70.9 Å². The zero-order valence-corrected chi connectivity index (χ0v) is 32.8. The summed E-state index contributed by atoms with van der Waals surface area (Å²) < 4.78 is 38.6. The van der Waals surface area contributed by atoms with Crippen molar-refractivity contribution in [1.82, 2.24) is 0 Å². The molecule has 2 aliphatic heterocycles. The predicted molar refractivity (Wildman–Crippen MR) is 198 cm³/mol. The molecule has 2 fully saturated rings. The summed E-state index contributed by atoms with van der Waals surface area (Å²) in [4.78, 5) is 50.7. The van der Waals surface area contributed by atoms with Gasteiger partial charge >= 0.3 is 23.9 Å². The van der Waals surface area contributed by atoms with E-state index in [4.69, 9.17) is 38.4 Å². The van der Waals surface area contributed by atoms with Gasteiger partial charge in [0.2, 0.25) is 0 Å². The molecule has 0 aliphatic carbocycles. The number of carbonyl (C=O) groups is 4. The van der Waals surface area contributed by atoms with E-state index >= 15 is 0 Å². The third-order valence-electron chi connectivity index (χ3n) is 8.74. The van der Waals surface area contributed by atoms with E-state index < -0.39 is 80.9 Å². The maximum absolute atomic E-state index is 11.8. The Kier molecular flexibility index (Phi) is 16.6. The van der Waals surface area contributed by atoms with Gasteiger partial charge in [-0.2, -0.15) is 0 Å². The lowest BCUT2D eigenvalue weighted by atomic mass is 10.0. The Bertz CT molecular complexity index is 1660. The highest BCUT2D eigenvalue weighted by molar-refractivity contribution is 6.99. The highest BCUT2D eigenvalue weighted by atomic mass is 28.4. The second kappa shape index (κ2) is 20.6. The Morgan fingerprint density at radius 3 is 1.56 bits per heavy atom. The van der Waals surface area contributed by atoms with Crippen molar-refractivity contribution in [2.45, 2.75) is 102 Å². The largest absolute Gasteiger partial charge is 0.462 e. The smallest absolute Gasteiger partial charge is 0.303 e. The Hall–Kier alpha value is -5.00. The highest BCUT2D eigenvalue weighted by Crippen LogP contribution is 2.39. The van der Waals surface area contributed by atoms with Gasteiger partial charge in [0.1, 0.15) is 25.4 Å². The second-order valence-electron chi connectivity index (χ2n) is 13.8. The number of azide groups is 2. The average molecular weight is 785 g/mol. The summed E-state index contributed by atoms with van der Waals surface area (Å²) in [6.07, 6.45) is -5.19. The molecule has 2 saturated heterocycles. The molecule has 2 aromatic rings. The molecule has 2 aromatic carbocycles. The molecule has 2 aliphatic rings. The van der Waals surface area contributed by atoms with Crippen LogP contribution in [0.5, 0.6) is 0 Å². The van der Waals surface area contributed by atoms with Crippen molar-refractivity contribution in [2.24, 2.45) is 10.2 Å². The number of aliphatic hydroxyl groups is 1. The molecule has 55 heavy (non-hydrogen) atoms. The monoisotopic (exact) mass is 784 g/mol. The molecular formula is C36H48N6O12Si. The van der Waals surface area contributed by atoms with E-state index in [0.29, 0.717) is 0 Å². The summed E-state index contributed by atoms with van der Waals surface area (Å²) in [5, 5.41) is 18.9. The van der Waals surface area contributed by atoms with Gasteiger partial charge in [0.05, 0.1) is 37.5 Å². The molecule has 1 N–H and O–H groups in total. The lowest BCUT2D eigenvalue weighted by molar-refractivity contribution is -0.164. The lowest BCUT2D eigenvalue weighted by Crippen LogP contribution is -2.68. The van der Waals surface area contributed by atoms with Crippen LogP contribution in [0, 0.1) is 0 Å². The quantitative estimate of drug-likeness (QED) is 0.0723. The lowest BCUT2D eigenvalue weighted by Gasteiger charge is -2.45. The van der Waals surface area contributed by atoms with Gasteiger partial charge in [-0.15, -0.1) is 0 Å². The molecule has 18 nitrogen and oxygen atoms in total. The molecule has 4 rings (SSSR count). The Morgan fingerprint density at radius 1 is 0.745 bits per heavy atom. The van der Waals surface area contributed by atoms with Crippen LogP contribution in [0.25, 0.3) is 20.9 Å². The summed E-state index contributed by atoms with van der Waals surface area (Å²) in [7, 11) is -2.97. The van der Waals surface area contributed by atoms with E-state index in [2.05, 4.69) is 65.1 Å². The van der Waals surface area contributed by atoms with Gasteiger partial charge in [0.25, 0.3) is 8.32 Å². The zero-order chi connectivity index (χ0) is 40.8. The predicted octanol–water partition coefficient (Wildman–Crippen LogP) is 3.42. The second-order valence-corrected chi connectivity index (χ2v) is 18.0. The number of carbonyl (C=O) groups excluding carboxylic acids is 4. The first-order chi connectivity index (χ1) is 26.0. The number of rotatable bonds is 14. The average Bonchev–Trinajstić information content (AvgIpc) is 3.69. The number of nitrogens with zero attached hydrogens (tertiary/aromatic N) is 6. The minimum Gasteiger partial charge on any atom is -0.462 e. The molecule has 8 atom stereocenters. The van der Waals surface area contributed by atoms with Crippen LogP contribution in [-0.2, 0) is 52.0 Å². The number of esters is 4. The van der Waals surface area contributed by atoms with Gasteiger partial charge in [0, 0.05) is 37.5 Å². The molecule has 298 valence electrons. The van der Waals surface area contributed by atoms with Crippen LogP contribution < -0.4 is 10.4 Å².